The Hall–Kier alpha value is -3.64. The van der Waals surface area contributed by atoms with E-state index in [9.17, 15) is 4.79 Å². The van der Waals surface area contributed by atoms with Gasteiger partial charge < -0.3 is 9.88 Å². The maximum Gasteiger partial charge on any atom is 0.272 e. The summed E-state index contributed by atoms with van der Waals surface area (Å²) in [6.45, 7) is 3.49. The number of amides is 1. The highest BCUT2D eigenvalue weighted by atomic mass is 32.1. The molecule has 0 fully saturated rings. The van der Waals surface area contributed by atoms with Crippen LogP contribution >= 0.6 is 11.3 Å². The molecule has 0 aliphatic carbocycles. The third-order valence-electron chi connectivity index (χ3n) is 5.58. The number of nitrogens with zero attached hydrogens (tertiary/aromatic N) is 3. The van der Waals surface area contributed by atoms with E-state index in [1.807, 2.05) is 35.1 Å². The third kappa shape index (κ3) is 4.36. The number of hydrogen-bond acceptors (Lipinski definition) is 3. The fourth-order valence-electron chi connectivity index (χ4n) is 3.88. The van der Waals surface area contributed by atoms with Crippen molar-refractivity contribution in [2.24, 2.45) is 0 Å². The average Bonchev–Trinajstić information content (AvgIpc) is 3.51. The highest BCUT2D eigenvalue weighted by molar-refractivity contribution is 7.17. The number of benzene rings is 2. The number of carbonyl (C=O) groups excluding carboxylic acids is 1. The first kappa shape index (κ1) is 20.3. The molecule has 0 saturated carbocycles. The molecule has 3 heterocycles. The van der Waals surface area contributed by atoms with Crippen molar-refractivity contribution in [3.8, 4) is 0 Å². The lowest BCUT2D eigenvalue weighted by atomic mass is 10.1. The zero-order valence-electron chi connectivity index (χ0n) is 17.9. The van der Waals surface area contributed by atoms with Crippen LogP contribution < -0.4 is 5.32 Å². The number of nitrogens with one attached hydrogen (secondary N) is 1. The van der Waals surface area contributed by atoms with Crippen LogP contribution in [0.25, 0.3) is 10.2 Å². The van der Waals surface area contributed by atoms with Crippen LogP contribution in [0.15, 0.2) is 84.5 Å². The number of anilines is 1. The van der Waals surface area contributed by atoms with E-state index >= 15 is 0 Å². The predicted molar refractivity (Wildman–Crippen MR) is 130 cm³/mol. The molecule has 0 saturated heterocycles. The Morgan fingerprint density at radius 3 is 2.66 bits per heavy atom. The predicted octanol–water partition coefficient (Wildman–Crippen LogP) is 5.75. The lowest BCUT2D eigenvalue weighted by Gasteiger charge is -2.10. The van der Waals surface area contributed by atoms with Crippen molar-refractivity contribution in [1.29, 1.82) is 0 Å². The van der Waals surface area contributed by atoms with E-state index in [0.29, 0.717) is 17.9 Å². The summed E-state index contributed by atoms with van der Waals surface area (Å²) in [7, 11) is 0. The zero-order chi connectivity index (χ0) is 21.9. The molecule has 160 valence electrons. The van der Waals surface area contributed by atoms with Gasteiger partial charge in [-0.25, -0.2) is 0 Å². The second kappa shape index (κ2) is 8.85. The number of rotatable bonds is 7. The molecular weight excluding hydrogens is 416 g/mol. The van der Waals surface area contributed by atoms with E-state index < -0.39 is 0 Å². The van der Waals surface area contributed by atoms with Crippen molar-refractivity contribution in [2.75, 3.05) is 5.32 Å². The van der Waals surface area contributed by atoms with Gasteiger partial charge >= 0.3 is 0 Å². The summed E-state index contributed by atoms with van der Waals surface area (Å²) in [5.41, 5.74) is 6.14. The number of aromatic nitrogens is 3. The molecule has 6 heteroatoms. The molecule has 0 radical (unpaired) electrons. The molecule has 5 rings (SSSR count). The Kier molecular flexibility index (Phi) is 5.60. The molecule has 5 aromatic rings. The number of fused-ring (bicyclic) bond motifs is 1. The molecule has 1 amide bonds. The van der Waals surface area contributed by atoms with Gasteiger partial charge in [0.05, 0.1) is 28.6 Å². The number of carbonyl (C=O) groups is 1. The number of hydrogen-bond donors (Lipinski definition) is 1. The van der Waals surface area contributed by atoms with E-state index in [-0.39, 0.29) is 5.91 Å². The van der Waals surface area contributed by atoms with E-state index in [1.54, 1.807) is 17.5 Å². The highest BCUT2D eigenvalue weighted by Crippen LogP contribution is 2.26. The Balaban J connectivity index is 1.32. The fourth-order valence-corrected chi connectivity index (χ4v) is 4.70. The second-order valence-electron chi connectivity index (χ2n) is 7.95. The SMILES string of the molecule is Cc1ccc(Cn2cc(NC(=O)c3cc4sccc4n3CCc3ccccc3)cn2)cc1. The summed E-state index contributed by atoms with van der Waals surface area (Å²) < 4.78 is 5.08. The Morgan fingerprint density at radius 2 is 1.84 bits per heavy atom. The van der Waals surface area contributed by atoms with Crippen LogP contribution in [-0.2, 0) is 19.5 Å². The normalized spacial score (nSPS) is 11.2. The van der Waals surface area contributed by atoms with Crippen LogP contribution in [0.5, 0.6) is 0 Å². The van der Waals surface area contributed by atoms with Crippen molar-refractivity contribution in [3.05, 3.63) is 107 Å². The number of aryl methyl sites for hydroxylation is 3. The van der Waals surface area contributed by atoms with Gasteiger partial charge in [0.25, 0.3) is 5.91 Å². The molecular formula is C26H24N4OS. The maximum atomic E-state index is 13.2. The van der Waals surface area contributed by atoms with E-state index in [1.165, 1.54) is 16.7 Å². The smallest absolute Gasteiger partial charge is 0.272 e. The first-order chi connectivity index (χ1) is 15.7. The molecule has 5 nitrogen and oxygen atoms in total. The quantitative estimate of drug-likeness (QED) is 0.350. The first-order valence-electron chi connectivity index (χ1n) is 10.7. The molecule has 2 aromatic carbocycles. The molecule has 0 bridgehead atoms. The molecule has 0 atom stereocenters. The van der Waals surface area contributed by atoms with Gasteiger partial charge in [0.2, 0.25) is 0 Å². The number of thiophene rings is 1. The van der Waals surface area contributed by atoms with E-state index in [4.69, 9.17) is 0 Å². The second-order valence-corrected chi connectivity index (χ2v) is 8.90. The van der Waals surface area contributed by atoms with Crippen LogP contribution in [0.2, 0.25) is 0 Å². The zero-order valence-corrected chi connectivity index (χ0v) is 18.7. The highest BCUT2D eigenvalue weighted by Gasteiger charge is 2.17. The summed E-state index contributed by atoms with van der Waals surface area (Å²) >= 11 is 1.66. The van der Waals surface area contributed by atoms with E-state index in [0.717, 1.165) is 23.2 Å². The molecule has 0 unspecified atom stereocenters. The van der Waals surface area contributed by atoms with Gasteiger partial charge in [-0.3, -0.25) is 9.48 Å². The molecule has 0 aliphatic rings. The van der Waals surface area contributed by atoms with Crippen LogP contribution in [0.3, 0.4) is 0 Å². The molecule has 0 spiro atoms. The Labute approximate surface area is 190 Å². The molecule has 1 N–H and O–H groups in total. The minimum absolute atomic E-state index is 0.114. The minimum Gasteiger partial charge on any atom is -0.335 e. The van der Waals surface area contributed by atoms with Crippen LogP contribution in [0, 0.1) is 6.92 Å². The topological polar surface area (TPSA) is 51.9 Å². The van der Waals surface area contributed by atoms with Gasteiger partial charge in [0.15, 0.2) is 0 Å². The van der Waals surface area contributed by atoms with Crippen LogP contribution in [-0.4, -0.2) is 20.3 Å². The van der Waals surface area contributed by atoms with Crippen LogP contribution in [0.1, 0.15) is 27.2 Å². The Bertz CT molecular complexity index is 1350. The monoisotopic (exact) mass is 440 g/mol. The largest absolute Gasteiger partial charge is 0.335 e. The summed E-state index contributed by atoms with van der Waals surface area (Å²) in [6, 6.07) is 22.8. The van der Waals surface area contributed by atoms with Crippen molar-refractivity contribution < 1.29 is 4.79 Å². The van der Waals surface area contributed by atoms with Gasteiger partial charge in [0.1, 0.15) is 5.69 Å². The van der Waals surface area contributed by atoms with Crippen molar-refractivity contribution in [3.63, 3.8) is 0 Å². The summed E-state index contributed by atoms with van der Waals surface area (Å²) in [6.07, 6.45) is 4.44. The summed E-state index contributed by atoms with van der Waals surface area (Å²) in [4.78, 5) is 13.2. The minimum atomic E-state index is -0.114. The lowest BCUT2D eigenvalue weighted by molar-refractivity contribution is 0.101. The fraction of sp³-hybridized carbons (Fsp3) is 0.154. The van der Waals surface area contributed by atoms with Gasteiger partial charge in [-0.2, -0.15) is 5.10 Å². The lowest BCUT2D eigenvalue weighted by Crippen LogP contribution is -2.17. The van der Waals surface area contributed by atoms with Crippen molar-refractivity contribution >= 4 is 33.1 Å². The standard InChI is InChI=1S/C26H24N4OS/c1-19-7-9-21(10-8-19)17-29-18-22(16-27-29)28-26(31)24-15-25-23(12-14-32-25)30(24)13-11-20-5-3-2-4-6-20/h2-10,12,14-16,18H,11,13,17H2,1H3,(H,28,31). The van der Waals surface area contributed by atoms with Crippen LogP contribution in [0.4, 0.5) is 5.69 Å². The summed E-state index contributed by atoms with van der Waals surface area (Å²) in [5, 5.41) is 9.50. The molecule has 32 heavy (non-hydrogen) atoms. The van der Waals surface area contributed by atoms with Gasteiger partial charge in [-0.05, 0) is 42.0 Å². The average molecular weight is 441 g/mol. The maximum absolute atomic E-state index is 13.2. The summed E-state index contributed by atoms with van der Waals surface area (Å²) in [5.74, 6) is -0.114. The molecule has 3 aromatic heterocycles. The van der Waals surface area contributed by atoms with Gasteiger partial charge in [-0.1, -0.05) is 60.2 Å². The third-order valence-corrected chi connectivity index (χ3v) is 6.43. The Morgan fingerprint density at radius 1 is 1.03 bits per heavy atom. The molecule has 0 aliphatic heterocycles. The van der Waals surface area contributed by atoms with Gasteiger partial charge in [0, 0.05) is 12.7 Å². The first-order valence-corrected chi connectivity index (χ1v) is 11.5. The van der Waals surface area contributed by atoms with Crippen molar-refractivity contribution in [1.82, 2.24) is 14.3 Å². The van der Waals surface area contributed by atoms with E-state index in [2.05, 4.69) is 69.8 Å². The van der Waals surface area contributed by atoms with Gasteiger partial charge in [-0.15, -0.1) is 11.3 Å². The van der Waals surface area contributed by atoms with Crippen molar-refractivity contribution in [2.45, 2.75) is 26.4 Å².